The highest BCUT2D eigenvalue weighted by Gasteiger charge is 2.10. The first-order chi connectivity index (χ1) is 12.4. The summed E-state index contributed by atoms with van der Waals surface area (Å²) in [4.78, 5) is 22.6. The molecule has 0 aliphatic heterocycles. The molecule has 0 saturated heterocycles. The molecule has 0 spiro atoms. The van der Waals surface area contributed by atoms with E-state index in [9.17, 15) is 14.9 Å². The highest BCUT2D eigenvalue weighted by molar-refractivity contribution is 6.04. The number of nitrogens with one attached hydrogen (secondary N) is 1. The van der Waals surface area contributed by atoms with Gasteiger partial charge in [-0.15, -0.1) is 0 Å². The average molecular weight is 350 g/mol. The van der Waals surface area contributed by atoms with E-state index in [1.807, 2.05) is 44.2 Å². The largest absolute Gasteiger partial charge is 0.322 e. The third-order valence-corrected chi connectivity index (χ3v) is 4.16. The molecule has 0 bridgehead atoms. The maximum absolute atomic E-state index is 12.4. The average Bonchev–Trinajstić information content (AvgIpc) is 3.07. The summed E-state index contributed by atoms with van der Waals surface area (Å²) in [6.07, 6.45) is 2.59. The fourth-order valence-corrected chi connectivity index (χ4v) is 2.50. The molecule has 0 atom stereocenters. The molecule has 0 unspecified atom stereocenters. The number of carbonyl (C=O) groups excluding carboxylic acids is 1. The van der Waals surface area contributed by atoms with Crippen LogP contribution in [0.3, 0.4) is 0 Å². The number of benzene rings is 2. The molecule has 3 rings (SSSR count). The van der Waals surface area contributed by atoms with Crippen molar-refractivity contribution >= 4 is 17.3 Å². The predicted octanol–water partition coefficient (Wildman–Crippen LogP) is 3.71. The number of anilines is 1. The van der Waals surface area contributed by atoms with Gasteiger partial charge in [0.05, 0.1) is 11.5 Å². The zero-order valence-corrected chi connectivity index (χ0v) is 14.5. The van der Waals surface area contributed by atoms with Gasteiger partial charge in [-0.1, -0.05) is 18.2 Å². The number of carbonyl (C=O) groups is 1. The van der Waals surface area contributed by atoms with E-state index in [4.69, 9.17) is 0 Å². The lowest BCUT2D eigenvalue weighted by Crippen LogP contribution is -2.12. The zero-order valence-electron chi connectivity index (χ0n) is 14.5. The molecule has 2 aromatic carbocycles. The van der Waals surface area contributed by atoms with Gasteiger partial charge < -0.3 is 5.32 Å². The molecule has 1 N–H and O–H groups in total. The summed E-state index contributed by atoms with van der Waals surface area (Å²) in [5.41, 5.74) is 4.43. The van der Waals surface area contributed by atoms with Gasteiger partial charge in [0.2, 0.25) is 0 Å². The molecule has 26 heavy (non-hydrogen) atoms. The highest BCUT2D eigenvalue weighted by Crippen LogP contribution is 2.16. The van der Waals surface area contributed by atoms with Crippen molar-refractivity contribution in [1.29, 1.82) is 0 Å². The van der Waals surface area contributed by atoms with Crippen LogP contribution in [0.2, 0.25) is 0 Å². The SMILES string of the molecule is Cc1ccc(NC(=O)c2ccc(Cn3cc([N+](=O)[O-])cn3)cc2)cc1C. The van der Waals surface area contributed by atoms with Gasteiger partial charge in [-0.2, -0.15) is 5.10 Å². The predicted molar refractivity (Wildman–Crippen MR) is 98.3 cm³/mol. The van der Waals surface area contributed by atoms with Crippen molar-refractivity contribution in [2.45, 2.75) is 20.4 Å². The molecule has 1 aromatic heterocycles. The van der Waals surface area contributed by atoms with Gasteiger partial charge in [-0.3, -0.25) is 19.6 Å². The van der Waals surface area contributed by atoms with Crippen LogP contribution in [0.25, 0.3) is 0 Å². The quantitative estimate of drug-likeness (QED) is 0.561. The van der Waals surface area contributed by atoms with E-state index in [1.165, 1.54) is 22.6 Å². The number of amides is 1. The number of rotatable bonds is 5. The van der Waals surface area contributed by atoms with Crippen LogP contribution in [-0.2, 0) is 6.54 Å². The summed E-state index contributed by atoms with van der Waals surface area (Å²) >= 11 is 0. The van der Waals surface area contributed by atoms with Crippen LogP contribution < -0.4 is 5.32 Å². The molecule has 1 amide bonds. The number of hydrogen-bond donors (Lipinski definition) is 1. The van der Waals surface area contributed by atoms with Crippen LogP contribution in [0, 0.1) is 24.0 Å². The van der Waals surface area contributed by atoms with E-state index in [-0.39, 0.29) is 11.6 Å². The minimum absolute atomic E-state index is 0.0469. The van der Waals surface area contributed by atoms with E-state index < -0.39 is 4.92 Å². The van der Waals surface area contributed by atoms with Crippen LogP contribution >= 0.6 is 0 Å². The Morgan fingerprint density at radius 3 is 2.50 bits per heavy atom. The number of nitro groups is 1. The summed E-state index contributed by atoms with van der Waals surface area (Å²) in [6.45, 7) is 4.42. The Hall–Kier alpha value is -3.48. The standard InChI is InChI=1S/C19H18N4O3/c1-13-3-8-17(9-14(13)2)21-19(24)16-6-4-15(5-7-16)11-22-12-18(10-20-22)23(25)26/h3-10,12H,11H2,1-2H3,(H,21,24). The first-order valence-electron chi connectivity index (χ1n) is 8.07. The van der Waals surface area contributed by atoms with Crippen molar-refractivity contribution in [3.05, 3.63) is 87.2 Å². The van der Waals surface area contributed by atoms with Gasteiger partial charge in [-0.25, -0.2) is 0 Å². The zero-order chi connectivity index (χ0) is 18.7. The Morgan fingerprint density at radius 1 is 1.15 bits per heavy atom. The summed E-state index contributed by atoms with van der Waals surface area (Å²) < 4.78 is 1.49. The third-order valence-electron chi connectivity index (χ3n) is 4.16. The van der Waals surface area contributed by atoms with Crippen molar-refractivity contribution in [1.82, 2.24) is 9.78 Å². The van der Waals surface area contributed by atoms with E-state index in [0.29, 0.717) is 12.1 Å². The normalized spacial score (nSPS) is 10.5. The first-order valence-corrected chi connectivity index (χ1v) is 8.07. The lowest BCUT2D eigenvalue weighted by atomic mass is 10.1. The summed E-state index contributed by atoms with van der Waals surface area (Å²) in [6, 6.07) is 12.8. The first kappa shape index (κ1) is 17.3. The fraction of sp³-hybridized carbons (Fsp3) is 0.158. The van der Waals surface area contributed by atoms with Crippen molar-refractivity contribution in [3.63, 3.8) is 0 Å². The van der Waals surface area contributed by atoms with Gasteiger partial charge in [-0.05, 0) is 54.8 Å². The van der Waals surface area contributed by atoms with Crippen molar-refractivity contribution < 1.29 is 9.72 Å². The Balaban J connectivity index is 1.67. The molecule has 132 valence electrons. The fourth-order valence-electron chi connectivity index (χ4n) is 2.50. The molecule has 3 aromatic rings. The van der Waals surface area contributed by atoms with Gasteiger partial charge in [0.25, 0.3) is 5.91 Å². The topological polar surface area (TPSA) is 90.1 Å². The smallest absolute Gasteiger partial charge is 0.307 e. The molecule has 0 fully saturated rings. The van der Waals surface area contributed by atoms with E-state index in [1.54, 1.807) is 12.1 Å². The van der Waals surface area contributed by atoms with Gasteiger partial charge in [0, 0.05) is 11.3 Å². The maximum Gasteiger partial charge on any atom is 0.307 e. The van der Waals surface area contributed by atoms with E-state index in [0.717, 1.165) is 16.8 Å². The van der Waals surface area contributed by atoms with Crippen LogP contribution in [-0.4, -0.2) is 20.6 Å². The number of hydrogen-bond acceptors (Lipinski definition) is 4. The van der Waals surface area contributed by atoms with Crippen LogP contribution in [0.4, 0.5) is 11.4 Å². The second kappa shape index (κ2) is 7.18. The van der Waals surface area contributed by atoms with E-state index >= 15 is 0 Å². The summed E-state index contributed by atoms with van der Waals surface area (Å²) in [5.74, 6) is -0.186. The van der Waals surface area contributed by atoms with Crippen molar-refractivity contribution in [3.8, 4) is 0 Å². The lowest BCUT2D eigenvalue weighted by Gasteiger charge is -2.08. The molecule has 7 heteroatoms. The number of aryl methyl sites for hydroxylation is 2. The molecular weight excluding hydrogens is 332 g/mol. The number of nitrogens with zero attached hydrogens (tertiary/aromatic N) is 3. The molecule has 0 aliphatic carbocycles. The Bertz CT molecular complexity index is 961. The van der Waals surface area contributed by atoms with Crippen LogP contribution in [0.1, 0.15) is 27.0 Å². The van der Waals surface area contributed by atoms with E-state index in [2.05, 4.69) is 10.4 Å². The molecule has 1 heterocycles. The third kappa shape index (κ3) is 3.94. The maximum atomic E-state index is 12.4. The van der Waals surface area contributed by atoms with Gasteiger partial charge in [0.1, 0.15) is 12.4 Å². The van der Waals surface area contributed by atoms with Gasteiger partial charge in [0.15, 0.2) is 0 Å². The minimum atomic E-state index is -0.482. The van der Waals surface area contributed by atoms with Crippen LogP contribution in [0.5, 0.6) is 0 Å². The summed E-state index contributed by atoms with van der Waals surface area (Å²) in [5, 5.41) is 17.5. The second-order valence-electron chi connectivity index (χ2n) is 6.10. The van der Waals surface area contributed by atoms with Crippen molar-refractivity contribution in [2.24, 2.45) is 0 Å². The molecule has 0 saturated carbocycles. The molecule has 0 radical (unpaired) electrons. The Labute approximate surface area is 150 Å². The molecule has 7 nitrogen and oxygen atoms in total. The monoisotopic (exact) mass is 350 g/mol. The Morgan fingerprint density at radius 2 is 1.88 bits per heavy atom. The minimum Gasteiger partial charge on any atom is -0.322 e. The van der Waals surface area contributed by atoms with Gasteiger partial charge >= 0.3 is 5.69 Å². The molecule has 0 aliphatic rings. The second-order valence-corrected chi connectivity index (χ2v) is 6.10. The van der Waals surface area contributed by atoms with Crippen molar-refractivity contribution in [2.75, 3.05) is 5.32 Å². The molecular formula is C19H18N4O3. The lowest BCUT2D eigenvalue weighted by molar-refractivity contribution is -0.385. The number of aromatic nitrogens is 2. The highest BCUT2D eigenvalue weighted by atomic mass is 16.6. The summed E-state index contributed by atoms with van der Waals surface area (Å²) in [7, 11) is 0. The Kier molecular flexibility index (Phi) is 4.79. The van der Waals surface area contributed by atoms with Crippen LogP contribution in [0.15, 0.2) is 54.9 Å².